The Kier molecular flexibility index (Phi) is 9.44. The van der Waals surface area contributed by atoms with Crippen molar-refractivity contribution < 1.29 is 28.2 Å². The van der Waals surface area contributed by atoms with Crippen molar-refractivity contribution in [2.45, 2.75) is 25.2 Å². The van der Waals surface area contributed by atoms with Crippen LogP contribution in [0.2, 0.25) is 5.02 Å². The number of thiophene rings is 1. The van der Waals surface area contributed by atoms with Gasteiger partial charge in [-0.05, 0) is 42.8 Å². The number of carbonyl (C=O) groups is 2. The quantitative estimate of drug-likeness (QED) is 0.169. The van der Waals surface area contributed by atoms with Crippen LogP contribution >= 0.6 is 34.7 Å². The number of nitrogens with zero attached hydrogens (tertiary/aromatic N) is 3. The second kappa shape index (κ2) is 13.0. The summed E-state index contributed by atoms with van der Waals surface area (Å²) in [6.45, 7) is 2.51. The summed E-state index contributed by atoms with van der Waals surface area (Å²) in [6.07, 6.45) is 0. The summed E-state index contributed by atoms with van der Waals surface area (Å²) in [7, 11) is 2.87. The predicted octanol–water partition coefficient (Wildman–Crippen LogP) is 5.92. The molecule has 0 spiro atoms. The summed E-state index contributed by atoms with van der Waals surface area (Å²) >= 11 is 8.45. The molecule has 0 saturated heterocycles. The van der Waals surface area contributed by atoms with Gasteiger partial charge in [-0.1, -0.05) is 35.5 Å². The van der Waals surface area contributed by atoms with Crippen molar-refractivity contribution in [2.75, 3.05) is 25.3 Å². The van der Waals surface area contributed by atoms with Crippen LogP contribution in [0.15, 0.2) is 53.0 Å². The molecule has 0 fully saturated rings. The smallest absolute Gasteiger partial charge is 0.341 e. The zero-order chi connectivity index (χ0) is 27.9. The molecule has 2 aromatic carbocycles. The minimum atomic E-state index is -0.554. The number of methoxy groups -OCH3 is 2. The van der Waals surface area contributed by atoms with E-state index in [2.05, 4.69) is 15.5 Å². The molecule has 0 aliphatic heterocycles. The van der Waals surface area contributed by atoms with Crippen LogP contribution in [-0.4, -0.2) is 46.6 Å². The molecule has 0 atom stereocenters. The fraction of sp³-hybridized carbons (Fsp3) is 0.231. The molecule has 0 bridgehead atoms. The number of ether oxygens (including phenoxy) is 3. The fourth-order valence-electron chi connectivity index (χ4n) is 3.62. The molecular formula is C26H24ClFN4O5S2. The number of halogens is 2. The Hall–Kier alpha value is -3.61. The molecule has 0 aliphatic carbocycles. The van der Waals surface area contributed by atoms with Gasteiger partial charge in [-0.25, -0.2) is 9.18 Å². The van der Waals surface area contributed by atoms with Gasteiger partial charge in [0.2, 0.25) is 5.91 Å². The van der Waals surface area contributed by atoms with Crippen molar-refractivity contribution in [2.24, 2.45) is 0 Å². The first-order chi connectivity index (χ1) is 18.8. The highest BCUT2D eigenvalue weighted by atomic mass is 35.5. The molecule has 1 N–H and O–H groups in total. The Bertz CT molecular complexity index is 1480. The molecule has 4 aromatic rings. The molecule has 2 heterocycles. The van der Waals surface area contributed by atoms with Crippen LogP contribution in [0.4, 0.5) is 9.39 Å². The van der Waals surface area contributed by atoms with Crippen molar-refractivity contribution in [1.82, 2.24) is 14.8 Å². The van der Waals surface area contributed by atoms with Crippen LogP contribution in [-0.2, 0) is 22.7 Å². The van der Waals surface area contributed by atoms with E-state index < -0.39 is 11.8 Å². The molecule has 13 heteroatoms. The van der Waals surface area contributed by atoms with Gasteiger partial charge in [0.1, 0.15) is 34.5 Å². The minimum absolute atomic E-state index is 0.0269. The number of thioether (sulfide) groups is 1. The second-order valence-corrected chi connectivity index (χ2v) is 10.1. The van der Waals surface area contributed by atoms with Crippen LogP contribution in [0.3, 0.4) is 0 Å². The van der Waals surface area contributed by atoms with E-state index in [1.165, 1.54) is 48.4 Å². The van der Waals surface area contributed by atoms with Crippen molar-refractivity contribution in [3.05, 3.63) is 70.1 Å². The lowest BCUT2D eigenvalue weighted by molar-refractivity contribution is -0.113. The van der Waals surface area contributed by atoms with Gasteiger partial charge in [0.05, 0.1) is 25.0 Å². The maximum Gasteiger partial charge on any atom is 0.341 e. The van der Waals surface area contributed by atoms with Crippen LogP contribution in [0.5, 0.6) is 11.5 Å². The van der Waals surface area contributed by atoms with E-state index in [1.807, 2.05) is 23.6 Å². The van der Waals surface area contributed by atoms with E-state index in [0.29, 0.717) is 39.6 Å². The van der Waals surface area contributed by atoms with Crippen molar-refractivity contribution in [1.29, 1.82) is 0 Å². The number of nitrogens with one attached hydrogen (secondary N) is 1. The number of aromatic nitrogens is 3. The Morgan fingerprint density at radius 2 is 1.92 bits per heavy atom. The van der Waals surface area contributed by atoms with E-state index in [9.17, 15) is 14.0 Å². The minimum Gasteiger partial charge on any atom is -0.497 e. The van der Waals surface area contributed by atoms with Gasteiger partial charge >= 0.3 is 5.97 Å². The molecule has 204 valence electrons. The predicted molar refractivity (Wildman–Crippen MR) is 148 cm³/mol. The fourth-order valence-corrected chi connectivity index (χ4v) is 5.63. The largest absolute Gasteiger partial charge is 0.497 e. The third kappa shape index (κ3) is 6.70. The highest BCUT2D eigenvalue weighted by molar-refractivity contribution is 7.99. The summed E-state index contributed by atoms with van der Waals surface area (Å²) in [5, 5.41) is 14.0. The Morgan fingerprint density at radius 3 is 2.59 bits per heavy atom. The molecule has 2 aromatic heterocycles. The molecule has 0 saturated carbocycles. The maximum atomic E-state index is 13.3. The molecule has 0 radical (unpaired) electrons. The molecule has 0 unspecified atom stereocenters. The van der Waals surface area contributed by atoms with Gasteiger partial charge in [-0.3, -0.25) is 4.79 Å². The average molecular weight is 591 g/mol. The number of carbonyl (C=O) groups excluding carboxylic acids is 2. The zero-order valence-corrected chi connectivity index (χ0v) is 23.6. The standard InChI is InChI=1S/C26H24ClFN4O5S2/c1-4-32-21(12-37-20-10-7-16(28)11-19(20)27)30-31-26(32)39-14-22(33)29-24-23(25(34)36-3)18(13-38-24)15-5-8-17(35-2)9-6-15/h5-11,13H,4,12,14H2,1-3H3,(H,29,33). The van der Waals surface area contributed by atoms with Gasteiger partial charge in [0, 0.05) is 17.5 Å². The first-order valence-electron chi connectivity index (χ1n) is 11.6. The molecule has 9 nitrogen and oxygen atoms in total. The van der Waals surface area contributed by atoms with Gasteiger partial charge in [-0.15, -0.1) is 21.5 Å². The number of amides is 1. The number of anilines is 1. The first kappa shape index (κ1) is 28.4. The van der Waals surface area contributed by atoms with Gasteiger partial charge < -0.3 is 24.1 Å². The number of rotatable bonds is 11. The summed E-state index contributed by atoms with van der Waals surface area (Å²) in [4.78, 5) is 25.4. The van der Waals surface area contributed by atoms with Crippen LogP contribution in [0, 0.1) is 5.82 Å². The molecule has 1 amide bonds. The summed E-state index contributed by atoms with van der Waals surface area (Å²) < 4.78 is 30.9. The highest BCUT2D eigenvalue weighted by Gasteiger charge is 2.23. The van der Waals surface area contributed by atoms with E-state index in [-0.39, 0.29) is 28.9 Å². The van der Waals surface area contributed by atoms with E-state index in [1.54, 1.807) is 24.6 Å². The van der Waals surface area contributed by atoms with Gasteiger partial charge in [0.15, 0.2) is 11.0 Å². The first-order valence-corrected chi connectivity index (χ1v) is 13.9. The van der Waals surface area contributed by atoms with E-state index in [0.717, 1.165) is 5.56 Å². The third-order valence-electron chi connectivity index (χ3n) is 5.53. The highest BCUT2D eigenvalue weighted by Crippen LogP contribution is 2.37. The number of esters is 1. The molecule has 0 aliphatic rings. The number of hydrogen-bond acceptors (Lipinski definition) is 9. The topological polar surface area (TPSA) is 105 Å². The van der Waals surface area contributed by atoms with E-state index in [4.69, 9.17) is 25.8 Å². The number of hydrogen-bond donors (Lipinski definition) is 1. The average Bonchev–Trinajstić information content (AvgIpc) is 3.54. The summed E-state index contributed by atoms with van der Waals surface area (Å²) in [6, 6.07) is 11.1. The normalized spacial score (nSPS) is 10.8. The summed E-state index contributed by atoms with van der Waals surface area (Å²) in [5.41, 5.74) is 1.71. The Morgan fingerprint density at radius 1 is 1.15 bits per heavy atom. The molecule has 4 rings (SSSR count). The van der Waals surface area contributed by atoms with Gasteiger partial charge in [-0.2, -0.15) is 0 Å². The third-order valence-corrected chi connectivity index (χ3v) is 7.68. The lowest BCUT2D eigenvalue weighted by Gasteiger charge is -2.10. The monoisotopic (exact) mass is 590 g/mol. The van der Waals surface area contributed by atoms with Crippen molar-refractivity contribution in [3.63, 3.8) is 0 Å². The van der Waals surface area contributed by atoms with Crippen molar-refractivity contribution >= 4 is 51.6 Å². The second-order valence-electron chi connectivity index (χ2n) is 7.92. The lowest BCUT2D eigenvalue weighted by atomic mass is 10.0. The molecule has 39 heavy (non-hydrogen) atoms. The SMILES string of the molecule is CCn1c(COc2ccc(F)cc2Cl)nnc1SCC(=O)Nc1scc(-c2ccc(OC)cc2)c1C(=O)OC. The summed E-state index contributed by atoms with van der Waals surface area (Å²) in [5.74, 6) is 0.225. The van der Waals surface area contributed by atoms with E-state index >= 15 is 0 Å². The maximum absolute atomic E-state index is 13.3. The lowest BCUT2D eigenvalue weighted by Crippen LogP contribution is -2.16. The number of benzene rings is 2. The Balaban J connectivity index is 1.43. The van der Waals surface area contributed by atoms with Crippen molar-refractivity contribution in [3.8, 4) is 22.6 Å². The van der Waals surface area contributed by atoms with Crippen LogP contribution in [0.25, 0.3) is 11.1 Å². The Labute approximate surface area is 237 Å². The zero-order valence-electron chi connectivity index (χ0n) is 21.2. The van der Waals surface area contributed by atoms with Crippen LogP contribution in [0.1, 0.15) is 23.1 Å². The van der Waals surface area contributed by atoms with Crippen LogP contribution < -0.4 is 14.8 Å². The molecular weight excluding hydrogens is 567 g/mol. The van der Waals surface area contributed by atoms with Gasteiger partial charge in [0.25, 0.3) is 0 Å².